The van der Waals surface area contributed by atoms with Gasteiger partial charge in [-0.3, -0.25) is 4.90 Å². The predicted molar refractivity (Wildman–Crippen MR) is 132 cm³/mol. The van der Waals surface area contributed by atoms with Gasteiger partial charge in [0.15, 0.2) is 16.6 Å². The third kappa shape index (κ3) is 5.46. The SMILES string of the molecule is CCCCNC(=S)N[C@H]1CC[C@@]2(c3ccc(OC)c(OC)c3)CCN(CC(C)C)[C@@H]2C1. The number of likely N-dealkylation sites (tertiary alicyclic amines) is 1. The summed E-state index contributed by atoms with van der Waals surface area (Å²) in [5.74, 6) is 2.29. The van der Waals surface area contributed by atoms with Gasteiger partial charge in [-0.15, -0.1) is 0 Å². The third-order valence-corrected chi connectivity index (χ3v) is 7.34. The minimum absolute atomic E-state index is 0.171. The van der Waals surface area contributed by atoms with Crippen LogP contribution in [-0.4, -0.2) is 55.9 Å². The Hall–Kier alpha value is -1.53. The van der Waals surface area contributed by atoms with Crippen molar-refractivity contribution in [1.29, 1.82) is 0 Å². The molecule has 3 atom stereocenters. The molecule has 1 saturated heterocycles. The average molecular weight is 448 g/mol. The summed E-state index contributed by atoms with van der Waals surface area (Å²) in [5, 5.41) is 7.81. The van der Waals surface area contributed by atoms with Crippen LogP contribution in [0, 0.1) is 5.92 Å². The molecule has 1 saturated carbocycles. The van der Waals surface area contributed by atoms with Gasteiger partial charge < -0.3 is 20.1 Å². The van der Waals surface area contributed by atoms with Crippen LogP contribution in [0.3, 0.4) is 0 Å². The normalized spacial score (nSPS) is 25.9. The molecular formula is C25H41N3O2S. The highest BCUT2D eigenvalue weighted by atomic mass is 32.1. The van der Waals surface area contributed by atoms with Crippen LogP contribution in [-0.2, 0) is 5.41 Å². The van der Waals surface area contributed by atoms with Crippen LogP contribution < -0.4 is 20.1 Å². The van der Waals surface area contributed by atoms with Gasteiger partial charge in [0.05, 0.1) is 14.2 Å². The quantitative estimate of drug-likeness (QED) is 0.430. The van der Waals surface area contributed by atoms with Gasteiger partial charge in [-0.25, -0.2) is 0 Å². The molecular weight excluding hydrogens is 406 g/mol. The molecule has 0 aromatic heterocycles. The fourth-order valence-corrected chi connectivity index (χ4v) is 5.83. The lowest BCUT2D eigenvalue weighted by Gasteiger charge is -2.46. The van der Waals surface area contributed by atoms with Gasteiger partial charge in [0.1, 0.15) is 0 Å². The monoisotopic (exact) mass is 447 g/mol. The Morgan fingerprint density at radius 3 is 2.68 bits per heavy atom. The fraction of sp³-hybridized carbons (Fsp3) is 0.720. The Morgan fingerprint density at radius 1 is 1.23 bits per heavy atom. The van der Waals surface area contributed by atoms with E-state index in [4.69, 9.17) is 21.7 Å². The maximum absolute atomic E-state index is 5.65. The number of unbranched alkanes of at least 4 members (excludes halogenated alkanes) is 1. The van der Waals surface area contributed by atoms with Gasteiger partial charge in [0, 0.05) is 30.6 Å². The highest BCUT2D eigenvalue weighted by Crippen LogP contribution is 2.50. The van der Waals surface area contributed by atoms with Crippen LogP contribution in [0.2, 0.25) is 0 Å². The zero-order chi connectivity index (χ0) is 22.4. The minimum Gasteiger partial charge on any atom is -0.493 e. The summed E-state index contributed by atoms with van der Waals surface area (Å²) in [4.78, 5) is 2.72. The van der Waals surface area contributed by atoms with E-state index in [0.717, 1.165) is 61.9 Å². The van der Waals surface area contributed by atoms with Crippen LogP contribution in [0.5, 0.6) is 11.5 Å². The molecule has 1 aliphatic heterocycles. The van der Waals surface area contributed by atoms with Crippen molar-refractivity contribution in [3.63, 3.8) is 0 Å². The van der Waals surface area contributed by atoms with Gasteiger partial charge in [-0.1, -0.05) is 33.3 Å². The van der Waals surface area contributed by atoms with Gasteiger partial charge in [0.2, 0.25) is 0 Å². The summed E-state index contributed by atoms with van der Waals surface area (Å²) in [6.07, 6.45) is 6.95. The Bertz CT molecular complexity index is 741. The summed E-state index contributed by atoms with van der Waals surface area (Å²) in [6, 6.07) is 7.49. The molecule has 0 amide bonds. The Balaban J connectivity index is 1.81. The lowest BCUT2D eigenvalue weighted by molar-refractivity contribution is 0.129. The standard InChI is InChI=1S/C25H41N3O2S/c1-6-7-13-26-24(31)27-20-10-11-25(12-14-28(17-18(2)3)23(25)16-20)19-8-9-21(29-4)22(15-19)30-5/h8-9,15,18,20,23H,6-7,10-14,16-17H2,1-5H3,(H2,26,27,31)/t20-,23+,25-/m0/s1. The van der Waals surface area contributed by atoms with E-state index in [1.807, 2.05) is 0 Å². The first kappa shape index (κ1) is 24.1. The number of benzene rings is 1. The molecule has 31 heavy (non-hydrogen) atoms. The lowest BCUT2D eigenvalue weighted by Crippen LogP contribution is -2.54. The fourth-order valence-electron chi connectivity index (χ4n) is 5.56. The number of methoxy groups -OCH3 is 2. The number of rotatable bonds is 9. The van der Waals surface area contributed by atoms with Crippen molar-refractivity contribution in [2.45, 2.75) is 76.8 Å². The highest BCUT2D eigenvalue weighted by molar-refractivity contribution is 7.80. The molecule has 0 radical (unpaired) electrons. The van der Waals surface area contributed by atoms with Crippen molar-refractivity contribution < 1.29 is 9.47 Å². The molecule has 2 aliphatic rings. The maximum atomic E-state index is 5.65. The van der Waals surface area contributed by atoms with Crippen LogP contribution in [0.15, 0.2) is 18.2 Å². The van der Waals surface area contributed by atoms with Gasteiger partial charge in [-0.2, -0.15) is 0 Å². The molecule has 6 heteroatoms. The predicted octanol–water partition coefficient (Wildman–Crippen LogP) is 4.49. The lowest BCUT2D eigenvalue weighted by atomic mass is 9.65. The molecule has 3 rings (SSSR count). The first-order chi connectivity index (χ1) is 14.9. The molecule has 1 aromatic carbocycles. The molecule has 0 bridgehead atoms. The molecule has 1 heterocycles. The van der Waals surface area contributed by atoms with Gasteiger partial charge in [-0.05, 0) is 74.5 Å². The van der Waals surface area contributed by atoms with Crippen LogP contribution in [0.4, 0.5) is 0 Å². The molecule has 2 fully saturated rings. The summed E-state index contributed by atoms with van der Waals surface area (Å²) < 4.78 is 11.1. The molecule has 1 aliphatic carbocycles. The minimum atomic E-state index is 0.171. The average Bonchev–Trinajstić information content (AvgIpc) is 3.11. The highest BCUT2D eigenvalue weighted by Gasteiger charge is 2.51. The molecule has 0 spiro atoms. The van der Waals surface area contributed by atoms with Crippen LogP contribution in [0.25, 0.3) is 0 Å². The van der Waals surface area contributed by atoms with Gasteiger partial charge in [0.25, 0.3) is 0 Å². The van der Waals surface area contributed by atoms with E-state index in [-0.39, 0.29) is 5.41 Å². The van der Waals surface area contributed by atoms with Crippen molar-refractivity contribution in [3.05, 3.63) is 23.8 Å². The zero-order valence-electron chi connectivity index (χ0n) is 20.0. The Morgan fingerprint density at radius 2 is 2.00 bits per heavy atom. The molecule has 174 valence electrons. The van der Waals surface area contributed by atoms with E-state index < -0.39 is 0 Å². The second kappa shape index (κ2) is 10.9. The van der Waals surface area contributed by atoms with Crippen LogP contribution in [0.1, 0.15) is 64.9 Å². The van der Waals surface area contributed by atoms with Crippen molar-refractivity contribution in [2.75, 3.05) is 33.9 Å². The number of nitrogens with one attached hydrogen (secondary N) is 2. The van der Waals surface area contributed by atoms with E-state index >= 15 is 0 Å². The second-order valence-corrected chi connectivity index (χ2v) is 10.0. The number of fused-ring (bicyclic) bond motifs is 1. The van der Waals surface area contributed by atoms with Crippen molar-refractivity contribution >= 4 is 17.3 Å². The first-order valence-electron chi connectivity index (χ1n) is 11.9. The van der Waals surface area contributed by atoms with Crippen LogP contribution >= 0.6 is 12.2 Å². The van der Waals surface area contributed by atoms with E-state index in [1.165, 1.54) is 18.4 Å². The number of hydrogen-bond acceptors (Lipinski definition) is 4. The number of nitrogens with zero attached hydrogens (tertiary/aromatic N) is 1. The zero-order valence-corrected chi connectivity index (χ0v) is 20.8. The topological polar surface area (TPSA) is 45.8 Å². The largest absolute Gasteiger partial charge is 0.493 e. The molecule has 1 aromatic rings. The second-order valence-electron chi connectivity index (χ2n) is 9.61. The van der Waals surface area contributed by atoms with E-state index in [9.17, 15) is 0 Å². The number of hydrogen-bond donors (Lipinski definition) is 2. The summed E-state index contributed by atoms with van der Waals surface area (Å²) in [5.41, 5.74) is 1.56. The third-order valence-electron chi connectivity index (χ3n) is 7.08. The Labute approximate surface area is 194 Å². The van der Waals surface area contributed by atoms with E-state index in [2.05, 4.69) is 54.5 Å². The Kier molecular flexibility index (Phi) is 8.45. The van der Waals surface area contributed by atoms with E-state index in [0.29, 0.717) is 18.0 Å². The van der Waals surface area contributed by atoms with Crippen molar-refractivity contribution in [2.24, 2.45) is 5.92 Å². The summed E-state index contributed by atoms with van der Waals surface area (Å²) in [7, 11) is 3.43. The number of ether oxygens (including phenoxy) is 2. The molecule has 0 unspecified atom stereocenters. The summed E-state index contributed by atoms with van der Waals surface area (Å²) in [6.45, 7) is 10.1. The van der Waals surface area contributed by atoms with Crippen molar-refractivity contribution in [3.8, 4) is 11.5 Å². The maximum Gasteiger partial charge on any atom is 0.166 e. The van der Waals surface area contributed by atoms with Gasteiger partial charge >= 0.3 is 0 Å². The number of thiocarbonyl (C=S) groups is 1. The summed E-state index contributed by atoms with van der Waals surface area (Å²) >= 11 is 5.58. The van der Waals surface area contributed by atoms with E-state index in [1.54, 1.807) is 14.2 Å². The molecule has 5 nitrogen and oxygen atoms in total. The van der Waals surface area contributed by atoms with Crippen molar-refractivity contribution in [1.82, 2.24) is 15.5 Å². The first-order valence-corrected chi connectivity index (χ1v) is 12.3. The molecule has 2 N–H and O–H groups in total. The smallest absolute Gasteiger partial charge is 0.166 e.